The summed E-state index contributed by atoms with van der Waals surface area (Å²) in [5.41, 5.74) is 0. The molecule has 0 fully saturated rings. The molecule has 1 aromatic heterocycles. The molecule has 78 valence electrons. The molecule has 0 aliphatic rings. The van der Waals surface area contributed by atoms with Gasteiger partial charge in [-0.3, -0.25) is 4.79 Å². The Labute approximate surface area is 87.3 Å². The van der Waals surface area contributed by atoms with E-state index in [-0.39, 0.29) is 11.9 Å². The molecule has 1 rings (SSSR count). The Kier molecular flexibility index (Phi) is 3.40. The van der Waals surface area contributed by atoms with Crippen LogP contribution in [0.15, 0.2) is 0 Å². The Morgan fingerprint density at radius 3 is 2.64 bits per heavy atom. The van der Waals surface area contributed by atoms with E-state index in [2.05, 4.69) is 14.7 Å². The highest BCUT2D eigenvalue weighted by Crippen LogP contribution is 2.11. The van der Waals surface area contributed by atoms with E-state index in [1.807, 2.05) is 6.92 Å². The lowest BCUT2D eigenvalue weighted by Gasteiger charge is -2.16. The maximum absolute atomic E-state index is 11.5. The Morgan fingerprint density at radius 2 is 2.21 bits per heavy atom. The van der Waals surface area contributed by atoms with Crippen LogP contribution in [0, 0.1) is 6.92 Å². The fourth-order valence-electron chi connectivity index (χ4n) is 0.990. The van der Waals surface area contributed by atoms with Gasteiger partial charge in [-0.05, 0) is 13.8 Å². The average molecular weight is 214 g/mol. The van der Waals surface area contributed by atoms with Crippen LogP contribution in [0.25, 0.3) is 0 Å². The average Bonchev–Trinajstić information content (AvgIpc) is 2.49. The second-order valence-corrected chi connectivity index (χ2v) is 4.00. The summed E-state index contributed by atoms with van der Waals surface area (Å²) in [5, 5.41) is 3.68. The van der Waals surface area contributed by atoms with E-state index >= 15 is 0 Å². The number of aryl methyl sites for hydroxylation is 1. The molecule has 0 unspecified atom stereocenters. The summed E-state index contributed by atoms with van der Waals surface area (Å²) in [6, 6.07) is -0.266. The Morgan fingerprint density at radius 1 is 1.57 bits per heavy atom. The van der Waals surface area contributed by atoms with Gasteiger partial charge < -0.3 is 10.2 Å². The van der Waals surface area contributed by atoms with Crippen LogP contribution in [0.3, 0.4) is 0 Å². The highest BCUT2D eigenvalue weighted by molar-refractivity contribution is 7.09. The quantitative estimate of drug-likeness (QED) is 0.806. The number of hydrogen-bond donors (Lipinski definition) is 1. The van der Waals surface area contributed by atoms with Gasteiger partial charge in [0.25, 0.3) is 0 Å². The normalized spacial score (nSPS) is 12.3. The van der Waals surface area contributed by atoms with Crippen LogP contribution in [0.4, 0.5) is 5.13 Å². The van der Waals surface area contributed by atoms with Crippen LogP contribution in [-0.4, -0.2) is 40.3 Å². The minimum atomic E-state index is -0.266. The number of nitrogens with one attached hydrogen (secondary N) is 1. The molecule has 0 aromatic carbocycles. The summed E-state index contributed by atoms with van der Waals surface area (Å²) in [6.45, 7) is 3.62. The minimum Gasteiger partial charge on any atom is -0.349 e. The Hall–Kier alpha value is -1.17. The first-order valence-electron chi connectivity index (χ1n) is 4.28. The molecule has 1 N–H and O–H groups in total. The van der Waals surface area contributed by atoms with Crippen molar-refractivity contribution in [2.75, 3.05) is 19.4 Å². The van der Waals surface area contributed by atoms with Crippen molar-refractivity contribution >= 4 is 22.6 Å². The molecule has 0 aliphatic carbocycles. The standard InChI is InChI=1S/C8H14N4OS/c1-5(7(13)12(3)4)9-8-10-6(2)11-14-8/h5H,1-4H3,(H,9,10,11)/t5-/m0/s1. The van der Waals surface area contributed by atoms with Crippen molar-refractivity contribution in [2.24, 2.45) is 0 Å². The minimum absolute atomic E-state index is 0.0258. The maximum atomic E-state index is 11.5. The number of carbonyl (C=O) groups excluding carboxylic acids is 1. The zero-order valence-electron chi connectivity index (χ0n) is 8.74. The first kappa shape index (κ1) is 10.9. The number of anilines is 1. The Balaban J connectivity index is 2.57. The molecule has 14 heavy (non-hydrogen) atoms. The van der Waals surface area contributed by atoms with Gasteiger partial charge >= 0.3 is 0 Å². The Bertz CT molecular complexity index is 323. The van der Waals surface area contributed by atoms with Crippen LogP contribution in [0.5, 0.6) is 0 Å². The summed E-state index contributed by atoms with van der Waals surface area (Å²) < 4.78 is 4.02. The molecule has 1 atom stereocenters. The molecule has 0 bridgehead atoms. The van der Waals surface area contributed by atoms with Crippen molar-refractivity contribution in [3.05, 3.63) is 5.82 Å². The van der Waals surface area contributed by atoms with Gasteiger partial charge in [-0.1, -0.05) is 0 Å². The number of hydrogen-bond acceptors (Lipinski definition) is 5. The zero-order chi connectivity index (χ0) is 10.7. The van der Waals surface area contributed by atoms with Crippen LogP contribution >= 0.6 is 11.5 Å². The molecule has 5 nitrogen and oxygen atoms in total. The van der Waals surface area contributed by atoms with Gasteiger partial charge in [0.05, 0.1) is 0 Å². The summed E-state index contributed by atoms with van der Waals surface area (Å²) in [7, 11) is 3.46. The van der Waals surface area contributed by atoms with Gasteiger partial charge in [-0.2, -0.15) is 4.37 Å². The van der Waals surface area contributed by atoms with Gasteiger partial charge in [0.15, 0.2) is 0 Å². The fraction of sp³-hybridized carbons (Fsp3) is 0.625. The summed E-state index contributed by atoms with van der Waals surface area (Å²) in [5.74, 6) is 0.750. The SMILES string of the molecule is Cc1nsc(N[C@@H](C)C(=O)N(C)C)n1. The number of amides is 1. The first-order valence-corrected chi connectivity index (χ1v) is 5.06. The maximum Gasteiger partial charge on any atom is 0.244 e. The third kappa shape index (κ3) is 2.66. The lowest BCUT2D eigenvalue weighted by molar-refractivity contribution is -0.129. The smallest absolute Gasteiger partial charge is 0.244 e. The number of aromatic nitrogens is 2. The van der Waals surface area contributed by atoms with E-state index < -0.39 is 0 Å². The molecular weight excluding hydrogens is 200 g/mol. The molecule has 1 amide bonds. The largest absolute Gasteiger partial charge is 0.349 e. The number of likely N-dealkylation sites (N-methyl/N-ethyl adjacent to an activating group) is 1. The number of nitrogens with zero attached hydrogens (tertiary/aromatic N) is 3. The second-order valence-electron chi connectivity index (χ2n) is 3.25. The van der Waals surface area contributed by atoms with Gasteiger partial charge in [-0.15, -0.1) is 0 Å². The predicted octanol–water partition coefficient (Wildman–Crippen LogP) is 0.735. The highest BCUT2D eigenvalue weighted by Gasteiger charge is 2.15. The van der Waals surface area contributed by atoms with Gasteiger partial charge in [0.1, 0.15) is 11.9 Å². The van der Waals surface area contributed by atoms with Gasteiger partial charge in [-0.25, -0.2) is 4.98 Å². The number of rotatable bonds is 3. The van der Waals surface area contributed by atoms with Crippen molar-refractivity contribution in [1.82, 2.24) is 14.3 Å². The van der Waals surface area contributed by atoms with Crippen molar-refractivity contribution in [1.29, 1.82) is 0 Å². The lowest BCUT2D eigenvalue weighted by atomic mass is 10.3. The lowest BCUT2D eigenvalue weighted by Crippen LogP contribution is -2.36. The molecular formula is C8H14N4OS. The molecule has 0 radical (unpaired) electrons. The van der Waals surface area contributed by atoms with Crippen molar-refractivity contribution in [3.63, 3.8) is 0 Å². The van der Waals surface area contributed by atoms with E-state index in [1.54, 1.807) is 25.9 Å². The summed E-state index contributed by atoms with van der Waals surface area (Å²) in [4.78, 5) is 17.1. The molecule has 6 heteroatoms. The molecule has 1 aromatic rings. The van der Waals surface area contributed by atoms with Crippen LogP contribution in [0.2, 0.25) is 0 Å². The van der Waals surface area contributed by atoms with E-state index in [9.17, 15) is 4.79 Å². The topological polar surface area (TPSA) is 58.1 Å². The number of carbonyl (C=O) groups is 1. The molecule has 0 spiro atoms. The van der Waals surface area contributed by atoms with Crippen LogP contribution in [-0.2, 0) is 4.79 Å². The molecule has 0 saturated heterocycles. The zero-order valence-corrected chi connectivity index (χ0v) is 9.55. The van der Waals surface area contributed by atoms with Crippen molar-refractivity contribution < 1.29 is 4.79 Å². The van der Waals surface area contributed by atoms with Gasteiger partial charge in [0, 0.05) is 25.6 Å². The molecule has 0 aliphatic heterocycles. The summed E-state index contributed by atoms with van der Waals surface area (Å²) in [6.07, 6.45) is 0. The van der Waals surface area contributed by atoms with Crippen LogP contribution < -0.4 is 5.32 Å². The second kappa shape index (κ2) is 4.36. The fourth-order valence-corrected chi connectivity index (χ4v) is 1.65. The summed E-state index contributed by atoms with van der Waals surface area (Å²) >= 11 is 1.26. The van der Waals surface area contributed by atoms with E-state index in [4.69, 9.17) is 0 Å². The van der Waals surface area contributed by atoms with E-state index in [1.165, 1.54) is 11.5 Å². The third-order valence-corrected chi connectivity index (χ3v) is 2.42. The van der Waals surface area contributed by atoms with E-state index in [0.717, 1.165) is 5.82 Å². The third-order valence-electron chi connectivity index (χ3n) is 1.68. The highest BCUT2D eigenvalue weighted by atomic mass is 32.1. The van der Waals surface area contributed by atoms with Gasteiger partial charge in [0.2, 0.25) is 11.0 Å². The predicted molar refractivity (Wildman–Crippen MR) is 56.4 cm³/mol. The van der Waals surface area contributed by atoms with Crippen molar-refractivity contribution in [2.45, 2.75) is 19.9 Å². The van der Waals surface area contributed by atoms with Crippen molar-refractivity contribution in [3.8, 4) is 0 Å². The van der Waals surface area contributed by atoms with Crippen LogP contribution in [0.1, 0.15) is 12.7 Å². The van der Waals surface area contributed by atoms with E-state index in [0.29, 0.717) is 5.13 Å². The first-order chi connectivity index (χ1) is 6.50. The molecule has 1 heterocycles. The monoisotopic (exact) mass is 214 g/mol. The molecule has 0 saturated carbocycles.